The van der Waals surface area contributed by atoms with E-state index in [9.17, 15) is 4.39 Å². The molecule has 0 unspecified atom stereocenters. The SMILES string of the molecule is Cc1cc2c(F)c(Oc3nc(Nc4n[nH]c(C)n4)cc(N4CCN(C)CC4)n3)cc(F)c2[nH]1. The van der Waals surface area contributed by atoms with Gasteiger partial charge in [-0.15, -0.1) is 5.10 Å². The van der Waals surface area contributed by atoms with Crippen LogP contribution in [-0.4, -0.2) is 68.3 Å². The minimum Gasteiger partial charge on any atom is -0.421 e. The highest BCUT2D eigenvalue weighted by Gasteiger charge is 2.21. The van der Waals surface area contributed by atoms with Gasteiger partial charge >= 0.3 is 6.01 Å². The van der Waals surface area contributed by atoms with Crippen LogP contribution in [0.1, 0.15) is 11.5 Å². The zero-order chi connectivity index (χ0) is 23.1. The van der Waals surface area contributed by atoms with E-state index >= 15 is 4.39 Å². The van der Waals surface area contributed by atoms with Crippen LogP contribution >= 0.6 is 0 Å². The number of likely N-dealkylation sites (N-methyl/N-ethyl adjacent to an activating group) is 1. The van der Waals surface area contributed by atoms with Gasteiger partial charge in [-0.3, -0.25) is 5.10 Å². The summed E-state index contributed by atoms with van der Waals surface area (Å²) in [6, 6.07) is 4.15. The van der Waals surface area contributed by atoms with Gasteiger partial charge in [-0.1, -0.05) is 0 Å². The fraction of sp³-hybridized carbons (Fsp3) is 0.333. The van der Waals surface area contributed by atoms with Crippen LogP contribution < -0.4 is 15.0 Å². The minimum atomic E-state index is -0.691. The van der Waals surface area contributed by atoms with E-state index in [-0.39, 0.29) is 22.7 Å². The molecule has 12 heteroatoms. The summed E-state index contributed by atoms with van der Waals surface area (Å²) in [4.78, 5) is 20.1. The molecule has 0 radical (unpaired) electrons. The zero-order valence-corrected chi connectivity index (χ0v) is 18.4. The highest BCUT2D eigenvalue weighted by molar-refractivity contribution is 5.83. The molecule has 5 rings (SSSR count). The second-order valence-corrected chi connectivity index (χ2v) is 8.07. The number of piperazine rings is 1. The first-order valence-corrected chi connectivity index (χ1v) is 10.5. The van der Waals surface area contributed by atoms with Crippen molar-refractivity contribution in [2.24, 2.45) is 0 Å². The summed E-state index contributed by atoms with van der Waals surface area (Å²) >= 11 is 0. The first-order valence-electron chi connectivity index (χ1n) is 10.5. The third-order valence-corrected chi connectivity index (χ3v) is 5.46. The van der Waals surface area contributed by atoms with E-state index in [4.69, 9.17) is 4.74 Å². The molecule has 1 aromatic carbocycles. The van der Waals surface area contributed by atoms with E-state index in [0.717, 1.165) is 32.2 Å². The van der Waals surface area contributed by atoms with Crippen molar-refractivity contribution < 1.29 is 13.5 Å². The number of hydrogen-bond acceptors (Lipinski definition) is 8. The van der Waals surface area contributed by atoms with Gasteiger partial charge < -0.3 is 24.8 Å². The van der Waals surface area contributed by atoms with Crippen molar-refractivity contribution in [3.05, 3.63) is 41.4 Å². The summed E-state index contributed by atoms with van der Waals surface area (Å²) in [5.74, 6) is 0.310. The molecule has 1 aliphatic rings. The standard InChI is InChI=1S/C21H23F2N9O/c1-11-8-13-18(23)15(9-14(22)19(13)24-11)33-21-27-16(26-20-25-12(2)29-30-20)10-17(28-21)32-6-4-31(3)5-7-32/h8-10,24H,4-7H2,1-3H3,(H2,25,26,27,28,29,30). The molecule has 0 bridgehead atoms. The number of anilines is 3. The van der Waals surface area contributed by atoms with Crippen molar-refractivity contribution in [1.29, 1.82) is 0 Å². The van der Waals surface area contributed by atoms with Crippen molar-refractivity contribution in [3.63, 3.8) is 0 Å². The average Bonchev–Trinajstić information content (AvgIpc) is 3.37. The number of halogens is 2. The maximum Gasteiger partial charge on any atom is 0.326 e. The van der Waals surface area contributed by atoms with E-state index < -0.39 is 11.6 Å². The van der Waals surface area contributed by atoms with E-state index in [0.29, 0.717) is 29.1 Å². The zero-order valence-electron chi connectivity index (χ0n) is 18.4. The van der Waals surface area contributed by atoms with E-state index in [1.807, 2.05) is 0 Å². The summed E-state index contributed by atoms with van der Waals surface area (Å²) in [5.41, 5.74) is 0.730. The molecule has 4 heterocycles. The number of H-pyrrole nitrogens is 2. The van der Waals surface area contributed by atoms with E-state index in [2.05, 4.69) is 52.3 Å². The lowest BCUT2D eigenvalue weighted by Crippen LogP contribution is -2.44. The molecule has 3 aromatic heterocycles. The van der Waals surface area contributed by atoms with Crippen LogP contribution in [0.2, 0.25) is 0 Å². The molecule has 1 aliphatic heterocycles. The van der Waals surface area contributed by atoms with Gasteiger partial charge in [0.05, 0.1) is 5.52 Å². The summed E-state index contributed by atoms with van der Waals surface area (Å²) < 4.78 is 35.3. The largest absolute Gasteiger partial charge is 0.421 e. The van der Waals surface area contributed by atoms with Gasteiger partial charge in [0.25, 0.3) is 0 Å². The number of aromatic nitrogens is 6. The fourth-order valence-electron chi connectivity index (χ4n) is 3.74. The van der Waals surface area contributed by atoms with Gasteiger partial charge in [0.15, 0.2) is 17.4 Å². The summed E-state index contributed by atoms with van der Waals surface area (Å²) in [5, 5.41) is 9.92. The van der Waals surface area contributed by atoms with Crippen LogP contribution in [0.15, 0.2) is 18.2 Å². The molecule has 1 fully saturated rings. The smallest absolute Gasteiger partial charge is 0.326 e. The van der Waals surface area contributed by atoms with Crippen LogP contribution in [-0.2, 0) is 0 Å². The molecular formula is C21H23F2N9O. The molecule has 0 saturated carbocycles. The number of benzene rings is 1. The molecule has 4 aromatic rings. The Labute approximate surface area is 188 Å². The first-order chi connectivity index (χ1) is 15.9. The number of nitrogens with one attached hydrogen (secondary N) is 3. The number of aryl methyl sites for hydroxylation is 2. The second kappa shape index (κ2) is 8.28. The summed E-state index contributed by atoms with van der Waals surface area (Å²) in [6.45, 7) is 6.75. The van der Waals surface area contributed by atoms with Crippen molar-refractivity contribution in [3.8, 4) is 11.8 Å². The van der Waals surface area contributed by atoms with E-state index in [1.54, 1.807) is 19.9 Å². The third kappa shape index (κ3) is 4.29. The Morgan fingerprint density at radius 3 is 2.55 bits per heavy atom. The quantitative estimate of drug-likeness (QED) is 0.421. The fourth-order valence-corrected chi connectivity index (χ4v) is 3.74. The minimum absolute atomic E-state index is 0.0896. The van der Waals surface area contributed by atoms with Crippen molar-refractivity contribution >= 4 is 28.5 Å². The lowest BCUT2D eigenvalue weighted by molar-refractivity contribution is 0.311. The number of rotatable bonds is 5. The van der Waals surface area contributed by atoms with Gasteiger partial charge in [-0.2, -0.15) is 15.0 Å². The van der Waals surface area contributed by atoms with Crippen molar-refractivity contribution in [2.45, 2.75) is 13.8 Å². The normalized spacial score (nSPS) is 14.8. The van der Waals surface area contributed by atoms with Gasteiger partial charge in [-0.25, -0.2) is 8.78 Å². The molecule has 0 atom stereocenters. The lowest BCUT2D eigenvalue weighted by Gasteiger charge is -2.33. The van der Waals surface area contributed by atoms with Crippen LogP contribution in [0.25, 0.3) is 10.9 Å². The number of nitrogens with zero attached hydrogens (tertiary/aromatic N) is 6. The van der Waals surface area contributed by atoms with Crippen LogP contribution in [0, 0.1) is 25.5 Å². The molecule has 0 spiro atoms. The lowest BCUT2D eigenvalue weighted by atomic mass is 10.2. The number of ether oxygens (including phenoxy) is 1. The Morgan fingerprint density at radius 1 is 1.03 bits per heavy atom. The van der Waals surface area contributed by atoms with Gasteiger partial charge in [0.1, 0.15) is 17.5 Å². The molecule has 0 amide bonds. The van der Waals surface area contributed by atoms with Crippen molar-refractivity contribution in [2.75, 3.05) is 43.4 Å². The first kappa shape index (κ1) is 21.1. The second-order valence-electron chi connectivity index (χ2n) is 8.07. The topological polar surface area (TPSA) is 111 Å². The van der Waals surface area contributed by atoms with Gasteiger partial charge in [0, 0.05) is 49.4 Å². The summed E-state index contributed by atoms with van der Waals surface area (Å²) in [6.07, 6.45) is 0. The maximum atomic E-state index is 15.1. The average molecular weight is 455 g/mol. The molecule has 1 saturated heterocycles. The van der Waals surface area contributed by atoms with Gasteiger partial charge in [0.2, 0.25) is 5.95 Å². The van der Waals surface area contributed by atoms with Crippen LogP contribution in [0.5, 0.6) is 11.8 Å². The number of aromatic amines is 2. The Morgan fingerprint density at radius 2 is 1.82 bits per heavy atom. The van der Waals surface area contributed by atoms with Crippen molar-refractivity contribution in [1.82, 2.24) is 35.0 Å². The highest BCUT2D eigenvalue weighted by Crippen LogP contribution is 2.33. The number of hydrogen-bond donors (Lipinski definition) is 3. The predicted molar refractivity (Wildman–Crippen MR) is 119 cm³/mol. The third-order valence-electron chi connectivity index (χ3n) is 5.46. The Hall–Kier alpha value is -3.80. The number of fused-ring (bicyclic) bond motifs is 1. The molecule has 3 N–H and O–H groups in total. The monoisotopic (exact) mass is 455 g/mol. The molecule has 33 heavy (non-hydrogen) atoms. The molecule has 10 nitrogen and oxygen atoms in total. The highest BCUT2D eigenvalue weighted by atomic mass is 19.1. The Kier molecular flexibility index (Phi) is 5.29. The molecular weight excluding hydrogens is 432 g/mol. The van der Waals surface area contributed by atoms with Crippen LogP contribution in [0.3, 0.4) is 0 Å². The molecule has 172 valence electrons. The summed E-state index contributed by atoms with van der Waals surface area (Å²) in [7, 11) is 2.06. The Balaban J connectivity index is 1.51. The Bertz CT molecular complexity index is 1310. The maximum absolute atomic E-state index is 15.1. The van der Waals surface area contributed by atoms with Crippen LogP contribution in [0.4, 0.5) is 26.4 Å². The predicted octanol–water partition coefficient (Wildman–Crippen LogP) is 3.26. The molecule has 0 aliphatic carbocycles. The van der Waals surface area contributed by atoms with Gasteiger partial charge in [-0.05, 0) is 27.0 Å². The van der Waals surface area contributed by atoms with E-state index in [1.165, 1.54) is 6.07 Å².